The molecule has 1 unspecified atom stereocenters. The number of carbonyl (C=O) groups is 3. The Bertz CT molecular complexity index is 1140. The van der Waals surface area contributed by atoms with Gasteiger partial charge in [-0.25, -0.2) is 0 Å². The van der Waals surface area contributed by atoms with Gasteiger partial charge >= 0.3 is 17.9 Å². The lowest BCUT2D eigenvalue weighted by Gasteiger charge is -2.18. The number of carbonyl (C=O) groups excluding carboxylic acids is 3. The zero-order valence-electron chi connectivity index (χ0n) is 45.6. The fourth-order valence-electron chi connectivity index (χ4n) is 8.93. The zero-order valence-corrected chi connectivity index (χ0v) is 45.6. The monoisotopic (exact) mass is 955 g/mol. The summed E-state index contributed by atoms with van der Waals surface area (Å²) in [4.78, 5) is 38.2. The van der Waals surface area contributed by atoms with E-state index in [4.69, 9.17) is 14.2 Å². The molecule has 6 heteroatoms. The molecule has 1 atom stereocenters. The first-order valence-corrected chi connectivity index (χ1v) is 30.0. The molecule has 0 amide bonds. The van der Waals surface area contributed by atoms with Crippen molar-refractivity contribution in [3.8, 4) is 0 Å². The van der Waals surface area contributed by atoms with E-state index in [9.17, 15) is 14.4 Å². The van der Waals surface area contributed by atoms with Crippen LogP contribution in [0, 0.1) is 0 Å². The van der Waals surface area contributed by atoms with Gasteiger partial charge in [-0.15, -0.1) is 0 Å². The van der Waals surface area contributed by atoms with Crippen molar-refractivity contribution in [1.82, 2.24) is 0 Å². The summed E-state index contributed by atoms with van der Waals surface area (Å²) in [6, 6.07) is 0. The number of unbranched alkanes of at least 4 members (excludes halogenated alkanes) is 38. The molecule has 0 aliphatic heterocycles. The van der Waals surface area contributed by atoms with E-state index < -0.39 is 6.10 Å². The highest BCUT2D eigenvalue weighted by molar-refractivity contribution is 5.71. The summed E-state index contributed by atoms with van der Waals surface area (Å²) in [5.74, 6) is -0.863. The Labute approximate surface area is 423 Å². The van der Waals surface area contributed by atoms with E-state index in [2.05, 4.69) is 57.2 Å². The van der Waals surface area contributed by atoms with Crippen LogP contribution in [-0.4, -0.2) is 37.2 Å². The minimum atomic E-state index is -0.775. The van der Waals surface area contributed by atoms with Crippen LogP contribution in [0.4, 0.5) is 0 Å². The lowest BCUT2D eigenvalue weighted by molar-refractivity contribution is -0.167. The van der Waals surface area contributed by atoms with E-state index >= 15 is 0 Å². The quantitative estimate of drug-likeness (QED) is 0.0262. The van der Waals surface area contributed by atoms with Gasteiger partial charge in [-0.2, -0.15) is 0 Å². The molecule has 0 aromatic carbocycles. The number of allylic oxidation sites excluding steroid dienone is 6. The molecular weight excluding hydrogens is 841 g/mol. The summed E-state index contributed by atoms with van der Waals surface area (Å²) in [6.45, 7) is 6.57. The summed E-state index contributed by atoms with van der Waals surface area (Å²) in [7, 11) is 0. The van der Waals surface area contributed by atoms with Gasteiger partial charge in [0.15, 0.2) is 6.10 Å². The Balaban J connectivity index is 4.32. The number of hydrogen-bond acceptors (Lipinski definition) is 6. The molecule has 398 valence electrons. The second-order valence-electron chi connectivity index (χ2n) is 20.2. The highest BCUT2D eigenvalue weighted by atomic mass is 16.6. The number of rotatable bonds is 55. The van der Waals surface area contributed by atoms with Gasteiger partial charge in [0.1, 0.15) is 13.2 Å². The van der Waals surface area contributed by atoms with Crippen molar-refractivity contribution < 1.29 is 28.6 Å². The van der Waals surface area contributed by atoms with Gasteiger partial charge in [0.25, 0.3) is 0 Å². The minimum absolute atomic E-state index is 0.0724. The van der Waals surface area contributed by atoms with E-state index in [1.165, 1.54) is 199 Å². The van der Waals surface area contributed by atoms with Crippen LogP contribution in [-0.2, 0) is 28.6 Å². The van der Waals surface area contributed by atoms with Crippen LogP contribution < -0.4 is 0 Å². The third kappa shape index (κ3) is 54.6. The predicted octanol–water partition coefficient (Wildman–Crippen LogP) is 20.0. The van der Waals surface area contributed by atoms with Crippen LogP contribution in [0.1, 0.15) is 323 Å². The van der Waals surface area contributed by atoms with Crippen LogP contribution in [0.5, 0.6) is 0 Å². The molecule has 6 nitrogen and oxygen atoms in total. The Hall–Kier alpha value is -2.37. The van der Waals surface area contributed by atoms with E-state index in [0.29, 0.717) is 19.3 Å². The maximum absolute atomic E-state index is 12.9. The molecule has 0 saturated carbocycles. The maximum Gasteiger partial charge on any atom is 0.306 e. The smallest absolute Gasteiger partial charge is 0.306 e. The second-order valence-corrected chi connectivity index (χ2v) is 20.2. The fourth-order valence-corrected chi connectivity index (χ4v) is 8.93. The van der Waals surface area contributed by atoms with E-state index in [1.54, 1.807) is 0 Å². The molecule has 0 fully saturated rings. The van der Waals surface area contributed by atoms with Crippen molar-refractivity contribution in [2.45, 2.75) is 329 Å². The zero-order chi connectivity index (χ0) is 49.3. The lowest BCUT2D eigenvalue weighted by atomic mass is 10.0. The fraction of sp³-hybridized carbons (Fsp3) is 0.855. The van der Waals surface area contributed by atoms with Crippen LogP contribution >= 0.6 is 0 Å². The van der Waals surface area contributed by atoms with Crippen LogP contribution in [0.3, 0.4) is 0 Å². The predicted molar refractivity (Wildman–Crippen MR) is 293 cm³/mol. The molecule has 0 aliphatic carbocycles. The van der Waals surface area contributed by atoms with Crippen molar-refractivity contribution >= 4 is 17.9 Å². The van der Waals surface area contributed by atoms with Gasteiger partial charge in [-0.1, -0.05) is 288 Å². The Morgan fingerprint density at radius 3 is 0.897 bits per heavy atom. The van der Waals surface area contributed by atoms with Gasteiger partial charge in [-0.05, 0) is 51.4 Å². The topological polar surface area (TPSA) is 78.9 Å². The summed E-state index contributed by atoms with van der Waals surface area (Å²) < 4.78 is 16.9. The molecule has 0 aromatic heterocycles. The summed E-state index contributed by atoms with van der Waals surface area (Å²) in [6.07, 6.45) is 68.5. The standard InChI is InChI=1S/C62H114O6/c1-4-7-10-13-16-19-22-25-28-30-31-32-35-37-40-43-46-49-52-55-61(64)67-58-59(57-66-60(63)54-51-48-45-42-39-36-33-27-24-21-18-15-12-9-6-3)68-62(65)56-53-50-47-44-41-38-34-29-26-23-20-17-14-11-8-5-2/h8,11,17,20,26,29,59H,4-7,9-10,12-16,18-19,21-25,27-28,30-58H2,1-3H3/b11-8-,20-17-,29-26-. The molecule has 0 bridgehead atoms. The highest BCUT2D eigenvalue weighted by Gasteiger charge is 2.19. The van der Waals surface area contributed by atoms with Gasteiger partial charge in [0, 0.05) is 19.3 Å². The third-order valence-electron chi connectivity index (χ3n) is 13.4. The van der Waals surface area contributed by atoms with Gasteiger partial charge in [0.2, 0.25) is 0 Å². The van der Waals surface area contributed by atoms with Crippen molar-refractivity contribution in [1.29, 1.82) is 0 Å². The molecule has 0 spiro atoms. The Morgan fingerprint density at radius 2 is 0.574 bits per heavy atom. The molecule has 0 radical (unpaired) electrons. The Kier molecular flexibility index (Phi) is 55.2. The van der Waals surface area contributed by atoms with E-state index in [0.717, 1.165) is 83.5 Å². The van der Waals surface area contributed by atoms with Gasteiger partial charge in [0.05, 0.1) is 0 Å². The van der Waals surface area contributed by atoms with Crippen LogP contribution in [0.25, 0.3) is 0 Å². The second kappa shape index (κ2) is 57.2. The largest absolute Gasteiger partial charge is 0.462 e. The average Bonchev–Trinajstić information content (AvgIpc) is 3.34. The first-order chi connectivity index (χ1) is 33.5. The van der Waals surface area contributed by atoms with E-state index in [-0.39, 0.29) is 31.1 Å². The van der Waals surface area contributed by atoms with Gasteiger partial charge in [-0.3, -0.25) is 14.4 Å². The van der Waals surface area contributed by atoms with E-state index in [1.807, 2.05) is 0 Å². The lowest BCUT2D eigenvalue weighted by Crippen LogP contribution is -2.30. The molecule has 0 aromatic rings. The first kappa shape index (κ1) is 65.6. The number of ether oxygens (including phenoxy) is 3. The summed E-state index contributed by atoms with van der Waals surface area (Å²) in [5.41, 5.74) is 0. The average molecular weight is 956 g/mol. The molecule has 0 aliphatic rings. The first-order valence-electron chi connectivity index (χ1n) is 30.0. The number of esters is 3. The SMILES string of the molecule is CC/C=C\C/C=C\C/C=C\CCCCCCCCC(=O)OC(COC(=O)CCCCCCCCCCCCCCCCC)COC(=O)CCCCCCCCCCCCCCCCCCCCC. The maximum atomic E-state index is 12.9. The molecule has 68 heavy (non-hydrogen) atoms. The molecule has 0 N–H and O–H groups in total. The normalized spacial score (nSPS) is 12.2. The molecule has 0 heterocycles. The van der Waals surface area contributed by atoms with Crippen molar-refractivity contribution in [2.75, 3.05) is 13.2 Å². The van der Waals surface area contributed by atoms with Crippen molar-refractivity contribution in [3.63, 3.8) is 0 Å². The molecule has 0 saturated heterocycles. The number of hydrogen-bond donors (Lipinski definition) is 0. The third-order valence-corrected chi connectivity index (χ3v) is 13.4. The molecular formula is C62H114O6. The Morgan fingerprint density at radius 1 is 0.309 bits per heavy atom. The molecule has 0 rings (SSSR count). The summed E-state index contributed by atoms with van der Waals surface area (Å²) in [5, 5.41) is 0. The van der Waals surface area contributed by atoms with Crippen LogP contribution in [0.15, 0.2) is 36.5 Å². The van der Waals surface area contributed by atoms with Crippen LogP contribution in [0.2, 0.25) is 0 Å². The highest BCUT2D eigenvalue weighted by Crippen LogP contribution is 2.17. The minimum Gasteiger partial charge on any atom is -0.462 e. The van der Waals surface area contributed by atoms with Crippen molar-refractivity contribution in [3.05, 3.63) is 36.5 Å². The van der Waals surface area contributed by atoms with Crippen molar-refractivity contribution in [2.24, 2.45) is 0 Å². The van der Waals surface area contributed by atoms with Gasteiger partial charge < -0.3 is 14.2 Å². The summed E-state index contributed by atoms with van der Waals surface area (Å²) >= 11 is 0.